The van der Waals surface area contributed by atoms with Crippen LogP contribution in [0.3, 0.4) is 0 Å². The number of aryl methyl sites for hydroxylation is 2. The Bertz CT molecular complexity index is 621. The summed E-state index contributed by atoms with van der Waals surface area (Å²) in [6.45, 7) is 5.87. The Kier molecular flexibility index (Phi) is 5.72. The minimum absolute atomic E-state index is 0.0592. The molecule has 10 nitrogen and oxygen atoms in total. The van der Waals surface area contributed by atoms with Gasteiger partial charge in [-0.25, -0.2) is 4.79 Å². The second-order valence-corrected chi connectivity index (χ2v) is 5.44. The number of nitrogens with zero attached hydrogens (tertiary/aromatic N) is 5. The Morgan fingerprint density at radius 2 is 1.92 bits per heavy atom. The molecule has 1 aromatic heterocycles. The highest BCUT2D eigenvalue weighted by molar-refractivity contribution is 5.76. The Morgan fingerprint density at radius 1 is 1.29 bits per heavy atom. The molecule has 0 unspecified atom stereocenters. The van der Waals surface area contributed by atoms with Gasteiger partial charge in [0.05, 0.1) is 30.0 Å². The number of ether oxygens (including phenoxy) is 1. The summed E-state index contributed by atoms with van der Waals surface area (Å²) in [5.41, 5.74) is 0.640. The number of amides is 2. The van der Waals surface area contributed by atoms with Crippen LogP contribution in [-0.2, 0) is 16.1 Å². The van der Waals surface area contributed by atoms with E-state index < -0.39 is 4.92 Å². The van der Waals surface area contributed by atoms with Crippen molar-refractivity contribution in [2.45, 2.75) is 26.8 Å². The average Bonchev–Trinajstić information content (AvgIpc) is 2.94. The molecule has 1 saturated heterocycles. The van der Waals surface area contributed by atoms with Crippen LogP contribution in [0.15, 0.2) is 6.07 Å². The lowest BCUT2D eigenvalue weighted by atomic mass is 10.3. The maximum Gasteiger partial charge on any atom is 0.409 e. The van der Waals surface area contributed by atoms with Crippen molar-refractivity contribution in [3.05, 3.63) is 21.9 Å². The van der Waals surface area contributed by atoms with Crippen molar-refractivity contribution in [1.82, 2.24) is 19.6 Å². The summed E-state index contributed by atoms with van der Waals surface area (Å²) in [5, 5.41) is 14.6. The van der Waals surface area contributed by atoms with E-state index in [0.29, 0.717) is 38.5 Å². The first-order chi connectivity index (χ1) is 11.4. The molecule has 132 valence electrons. The molecule has 2 amide bonds. The number of hydrogen-bond acceptors (Lipinski definition) is 6. The highest BCUT2D eigenvalue weighted by atomic mass is 16.6. The molecule has 24 heavy (non-hydrogen) atoms. The highest BCUT2D eigenvalue weighted by Crippen LogP contribution is 2.12. The molecule has 0 atom stereocenters. The summed E-state index contributed by atoms with van der Waals surface area (Å²) < 4.78 is 6.40. The zero-order valence-electron chi connectivity index (χ0n) is 13.8. The van der Waals surface area contributed by atoms with E-state index in [4.69, 9.17) is 4.74 Å². The van der Waals surface area contributed by atoms with Crippen molar-refractivity contribution >= 4 is 17.8 Å². The van der Waals surface area contributed by atoms with Crippen molar-refractivity contribution in [2.75, 3.05) is 32.8 Å². The first kappa shape index (κ1) is 17.7. The summed E-state index contributed by atoms with van der Waals surface area (Å²) in [6, 6.07) is 1.38. The fourth-order valence-corrected chi connectivity index (χ4v) is 2.52. The highest BCUT2D eigenvalue weighted by Gasteiger charge is 2.25. The Hall–Kier alpha value is -2.65. The van der Waals surface area contributed by atoms with E-state index in [1.807, 2.05) is 0 Å². The van der Waals surface area contributed by atoms with Gasteiger partial charge in [0.1, 0.15) is 0 Å². The van der Waals surface area contributed by atoms with Crippen LogP contribution in [0.25, 0.3) is 0 Å². The van der Waals surface area contributed by atoms with E-state index in [0.717, 1.165) is 0 Å². The van der Waals surface area contributed by atoms with E-state index in [-0.39, 0.29) is 30.8 Å². The molecule has 1 aromatic rings. The van der Waals surface area contributed by atoms with Gasteiger partial charge in [0.25, 0.3) is 0 Å². The molecule has 2 rings (SSSR count). The van der Waals surface area contributed by atoms with Gasteiger partial charge in [-0.2, -0.15) is 4.68 Å². The monoisotopic (exact) mass is 339 g/mol. The molecule has 0 bridgehead atoms. The number of carbonyl (C=O) groups is 2. The SMILES string of the molecule is CCOC(=O)N1CCN(C(=O)CCn2nc([N+](=O)[O-])cc2C)CC1. The summed E-state index contributed by atoms with van der Waals surface area (Å²) in [5.74, 6) is -0.279. The van der Waals surface area contributed by atoms with Crippen molar-refractivity contribution in [3.8, 4) is 0 Å². The molecule has 0 N–H and O–H groups in total. The van der Waals surface area contributed by atoms with Gasteiger partial charge in [-0.15, -0.1) is 0 Å². The third-order valence-electron chi connectivity index (χ3n) is 3.85. The standard InChI is InChI=1S/C14H21N5O5/c1-3-24-14(21)17-8-6-16(7-9-17)13(20)4-5-18-11(2)10-12(15-18)19(22)23/h10H,3-9H2,1-2H3. The maximum absolute atomic E-state index is 12.2. The molecule has 2 heterocycles. The lowest BCUT2D eigenvalue weighted by Gasteiger charge is -2.34. The van der Waals surface area contributed by atoms with Crippen molar-refractivity contribution in [1.29, 1.82) is 0 Å². The summed E-state index contributed by atoms with van der Waals surface area (Å²) in [4.78, 5) is 37.3. The zero-order chi connectivity index (χ0) is 17.7. The third-order valence-corrected chi connectivity index (χ3v) is 3.85. The fourth-order valence-electron chi connectivity index (χ4n) is 2.52. The van der Waals surface area contributed by atoms with Gasteiger partial charge in [-0.05, 0) is 18.8 Å². The van der Waals surface area contributed by atoms with Crippen LogP contribution in [0, 0.1) is 17.0 Å². The third kappa shape index (κ3) is 4.21. The van der Waals surface area contributed by atoms with E-state index >= 15 is 0 Å². The molecule has 0 radical (unpaired) electrons. The first-order valence-corrected chi connectivity index (χ1v) is 7.80. The number of carbonyl (C=O) groups excluding carboxylic acids is 2. The van der Waals surface area contributed by atoms with Crippen LogP contribution in [-0.4, -0.2) is 69.3 Å². The van der Waals surface area contributed by atoms with Crippen molar-refractivity contribution in [3.63, 3.8) is 0 Å². The molecule has 0 aliphatic carbocycles. The number of hydrogen-bond donors (Lipinski definition) is 0. The van der Waals surface area contributed by atoms with Gasteiger partial charge >= 0.3 is 11.9 Å². The minimum atomic E-state index is -0.556. The number of piperazine rings is 1. The van der Waals surface area contributed by atoms with Gasteiger partial charge in [-0.3, -0.25) is 4.79 Å². The first-order valence-electron chi connectivity index (χ1n) is 7.80. The van der Waals surface area contributed by atoms with Gasteiger partial charge in [0, 0.05) is 32.6 Å². The van der Waals surface area contributed by atoms with Crippen molar-refractivity contribution in [2.24, 2.45) is 0 Å². The van der Waals surface area contributed by atoms with E-state index in [1.165, 1.54) is 10.7 Å². The largest absolute Gasteiger partial charge is 0.450 e. The summed E-state index contributed by atoms with van der Waals surface area (Å²) in [7, 11) is 0. The zero-order valence-corrected chi connectivity index (χ0v) is 13.8. The number of nitro groups is 1. The Labute approximate surface area is 139 Å². The van der Waals surface area contributed by atoms with Crippen LogP contribution >= 0.6 is 0 Å². The molecule has 10 heteroatoms. The molecule has 0 saturated carbocycles. The summed E-state index contributed by atoms with van der Waals surface area (Å²) in [6.07, 6.45) is -0.150. The van der Waals surface area contributed by atoms with E-state index in [2.05, 4.69) is 5.10 Å². The predicted octanol–water partition coefficient (Wildman–Crippen LogP) is 0.791. The average molecular weight is 339 g/mol. The smallest absolute Gasteiger partial charge is 0.409 e. The van der Waals surface area contributed by atoms with Crippen LogP contribution in [0.4, 0.5) is 10.6 Å². The molecule has 0 spiro atoms. The maximum atomic E-state index is 12.2. The van der Waals surface area contributed by atoms with Crippen LogP contribution in [0.1, 0.15) is 19.0 Å². The molecular weight excluding hydrogens is 318 g/mol. The number of rotatable bonds is 5. The lowest BCUT2D eigenvalue weighted by molar-refractivity contribution is -0.389. The van der Waals surface area contributed by atoms with Gasteiger partial charge < -0.3 is 24.7 Å². The van der Waals surface area contributed by atoms with E-state index in [9.17, 15) is 19.7 Å². The van der Waals surface area contributed by atoms with Crippen LogP contribution in [0.2, 0.25) is 0 Å². The van der Waals surface area contributed by atoms with Crippen LogP contribution in [0.5, 0.6) is 0 Å². The van der Waals surface area contributed by atoms with Gasteiger partial charge in [0.15, 0.2) is 0 Å². The second kappa shape index (κ2) is 7.75. The van der Waals surface area contributed by atoms with Crippen LogP contribution < -0.4 is 0 Å². The molecule has 1 fully saturated rings. The summed E-state index contributed by atoms with van der Waals surface area (Å²) >= 11 is 0. The fraction of sp³-hybridized carbons (Fsp3) is 0.643. The molecule has 0 aromatic carbocycles. The Morgan fingerprint density at radius 3 is 2.46 bits per heavy atom. The number of aromatic nitrogens is 2. The predicted molar refractivity (Wildman–Crippen MR) is 83.4 cm³/mol. The van der Waals surface area contributed by atoms with Gasteiger partial charge in [0.2, 0.25) is 5.91 Å². The second-order valence-electron chi connectivity index (χ2n) is 5.44. The quantitative estimate of drug-likeness (QED) is 0.579. The topological polar surface area (TPSA) is 111 Å². The lowest BCUT2D eigenvalue weighted by Crippen LogP contribution is -2.50. The molecule has 1 aliphatic rings. The van der Waals surface area contributed by atoms with Gasteiger partial charge in [-0.1, -0.05) is 0 Å². The minimum Gasteiger partial charge on any atom is -0.450 e. The normalized spacial score (nSPS) is 14.6. The Balaban J connectivity index is 1.82. The molecular formula is C14H21N5O5. The van der Waals surface area contributed by atoms with E-state index in [1.54, 1.807) is 23.6 Å². The molecule has 1 aliphatic heterocycles. The van der Waals surface area contributed by atoms with Crippen molar-refractivity contribution < 1.29 is 19.2 Å².